The minimum absolute atomic E-state index is 0. The van der Waals surface area contributed by atoms with Crippen LogP contribution >= 0.6 is 22.9 Å². The first-order valence-electron chi connectivity index (χ1n) is 15.9. The maximum atomic E-state index is 11.5. The van der Waals surface area contributed by atoms with Crippen LogP contribution in [0.15, 0.2) is 128 Å². The van der Waals surface area contributed by atoms with E-state index in [1.807, 2.05) is 12.1 Å². The van der Waals surface area contributed by atoms with Gasteiger partial charge in [-0.3, -0.25) is 9.59 Å². The number of carbonyl (C=O) groups is 2. The summed E-state index contributed by atoms with van der Waals surface area (Å²) in [5.41, 5.74) is 19.1. The van der Waals surface area contributed by atoms with Crippen LogP contribution in [0.1, 0.15) is 26.3 Å². The number of nitrogens with one attached hydrogen (secondary N) is 1. The molecule has 318 valence electrons. The molecule has 1 aromatic heterocycles. The molecule has 5 aromatic carbocycles. The van der Waals surface area contributed by atoms with Crippen molar-refractivity contribution in [3.05, 3.63) is 120 Å². The minimum Gasteiger partial charge on any atom is -0.744 e. The van der Waals surface area contributed by atoms with Gasteiger partial charge in [-0.25, -0.2) is 28.0 Å². The number of para-hydroxylation sites is 2. The van der Waals surface area contributed by atoms with Gasteiger partial charge in [-0.05, 0) is 66.7 Å². The van der Waals surface area contributed by atoms with Gasteiger partial charge in [0, 0.05) is 11.1 Å². The van der Waals surface area contributed by atoms with Crippen molar-refractivity contribution in [1.82, 2.24) is 9.97 Å². The van der Waals surface area contributed by atoms with Crippen LogP contribution in [0.25, 0.3) is 22.4 Å². The fourth-order valence-electron chi connectivity index (χ4n) is 4.65. The average molecular weight is 953 g/mol. The van der Waals surface area contributed by atoms with Crippen molar-refractivity contribution < 1.29 is 133 Å². The third-order valence-electron chi connectivity index (χ3n) is 7.52. The number of anilines is 2. The van der Waals surface area contributed by atoms with E-state index in [-0.39, 0.29) is 114 Å². The molecule has 0 aliphatic carbocycles. The molecule has 6 rings (SSSR count). The van der Waals surface area contributed by atoms with Gasteiger partial charge in [0.05, 0.1) is 65.3 Å². The van der Waals surface area contributed by atoms with Gasteiger partial charge in [-0.15, -0.1) is 0 Å². The number of H-pyrrole nitrogens is 1. The fraction of sp³-hybridized carbons (Fsp3) is 0. The van der Waals surface area contributed by atoms with Crippen LogP contribution in [0, 0.1) is 0 Å². The van der Waals surface area contributed by atoms with E-state index in [9.17, 15) is 54.4 Å². The number of amidine groups is 1. The summed E-state index contributed by atoms with van der Waals surface area (Å²) in [5.74, 6) is -2.07. The third-order valence-corrected chi connectivity index (χ3v) is 10.6. The second kappa shape index (κ2) is 23.0. The number of benzene rings is 5. The van der Waals surface area contributed by atoms with Crippen molar-refractivity contribution in [3.63, 3.8) is 0 Å². The summed E-state index contributed by atoms with van der Waals surface area (Å²) < 4.78 is 99.7. The van der Waals surface area contributed by atoms with E-state index in [4.69, 9.17) is 27.4 Å². The summed E-state index contributed by atoms with van der Waals surface area (Å²) in [6.07, 6.45) is 0. The zero-order valence-corrected chi connectivity index (χ0v) is 39.1. The maximum Gasteiger partial charge on any atom is 1.00 e. The number of fused-ring (bicyclic) bond motifs is 1. The molecule has 0 fully saturated rings. The molecule has 6 aromatic rings. The van der Waals surface area contributed by atoms with Crippen molar-refractivity contribution >= 4 is 89.0 Å². The predicted octanol–water partition coefficient (Wildman–Crippen LogP) is -1.83. The third kappa shape index (κ3) is 15.3. The Morgan fingerprint density at radius 2 is 1.23 bits per heavy atom. The van der Waals surface area contributed by atoms with Crippen molar-refractivity contribution in [2.24, 2.45) is 10.7 Å². The maximum absolute atomic E-state index is 11.5. The Balaban J connectivity index is 0.000000492. The van der Waals surface area contributed by atoms with Crippen molar-refractivity contribution in [1.29, 1.82) is 0 Å². The van der Waals surface area contributed by atoms with Crippen molar-refractivity contribution in [2.45, 2.75) is 19.6 Å². The number of aromatic carboxylic acids is 2. The first kappa shape index (κ1) is 54.0. The van der Waals surface area contributed by atoms with E-state index in [2.05, 4.69) is 24.3 Å². The summed E-state index contributed by atoms with van der Waals surface area (Å²) in [6.45, 7) is 0. The number of hydrogen-bond acceptors (Lipinski definition) is 18. The Morgan fingerprint density at radius 1 is 0.726 bits per heavy atom. The Hall–Kier alpha value is -4.14. The van der Waals surface area contributed by atoms with E-state index in [0.717, 1.165) is 18.2 Å². The van der Waals surface area contributed by atoms with Crippen LogP contribution in [-0.4, -0.2) is 77.6 Å². The summed E-state index contributed by atoms with van der Waals surface area (Å²) in [5, 5.41) is 30.5. The Morgan fingerprint density at radius 3 is 1.66 bits per heavy atom. The molecule has 13 N–H and O–H groups in total. The van der Waals surface area contributed by atoms with Gasteiger partial charge in [0.25, 0.3) is 10.1 Å². The predicted molar refractivity (Wildman–Crippen MR) is 214 cm³/mol. The molecule has 28 heteroatoms. The first-order chi connectivity index (χ1) is 28.0. The number of nitrogen functional groups attached to an aromatic ring is 2. The molecule has 0 spiro atoms. The normalized spacial score (nSPS) is 11.7. The molecule has 22 nitrogen and oxygen atoms in total. The number of rotatable bonds is 11. The van der Waals surface area contributed by atoms with Crippen LogP contribution in [0.3, 0.4) is 0 Å². The molecule has 0 amide bonds. The number of carboxylic acid groups (broad SMARTS) is 2. The number of carboxylic acids is 2. The molecule has 0 aliphatic rings. The molecule has 0 aliphatic heterocycles. The second-order valence-corrected chi connectivity index (χ2v) is 16.7. The summed E-state index contributed by atoms with van der Waals surface area (Å²) in [7, 11) is -14.1. The van der Waals surface area contributed by atoms with E-state index < -0.39 is 52.8 Å². The average Bonchev–Trinajstić information content (AvgIpc) is 3.62. The monoisotopic (exact) mass is 952 g/mol. The molecule has 62 heavy (non-hydrogen) atoms. The molecule has 0 saturated heterocycles. The van der Waals surface area contributed by atoms with Crippen molar-refractivity contribution in [2.75, 3.05) is 11.5 Å². The molecular weight excluding hydrogens is 923 g/mol. The Labute approximate surface area is 401 Å². The summed E-state index contributed by atoms with van der Waals surface area (Å²) >= 11 is 0.421. The van der Waals surface area contributed by atoms with Gasteiger partial charge < -0.3 is 55.9 Å². The van der Waals surface area contributed by atoms with Gasteiger partial charge in [0.15, 0.2) is 0 Å². The van der Waals surface area contributed by atoms with E-state index in [1.54, 1.807) is 24.3 Å². The molecule has 0 radical (unpaired) electrons. The van der Waals surface area contributed by atoms with Gasteiger partial charge in [-0.2, -0.15) is 12.8 Å². The van der Waals surface area contributed by atoms with E-state index >= 15 is 0 Å². The van der Waals surface area contributed by atoms with Crippen LogP contribution in [0.2, 0.25) is 0 Å². The number of aliphatic imine (C=N–C) groups is 1. The number of aromatic amines is 1. The standard InChI is InChI=1S/C20H18N4O12S4.C8H6O4.C6H8N2.2Na/c21-19(22-12-5-13(38(26,27)28)7-14(6-12)39(29,30)31)10-1-3-11(4-2-10)20-23-16-8-15(40(32,33)34)9-17(18(16)24-20)37-36-35-25;9-7(10)5-1-2-6(4-3-5)8(11)12;7-5-3-1-2-4-6(5)8;;/h1-9,25,32-34H,(H2,21,22)(H,23,24)(H,26,27,28)(H,29,30,31);1-4H,(H,9,10)(H,11,12);1-4H,7-8H2;;/q;;;2*+1/p-2. The zero-order chi connectivity index (χ0) is 44.6. The SMILES string of the molecule is NC(=Nc1cc(S(=O)(=O)[O-])cc(S(=O)(=O)O)c1)c1ccc(-c2nc3c(SOO[O-])cc(S(O)(O)O)cc3[nH]2)cc1.Nc1ccccc1N.O=C(O)c1ccc(C(=O)O)cc1.[Na+].[Na+]. The van der Waals surface area contributed by atoms with E-state index in [1.165, 1.54) is 42.5 Å². The van der Waals surface area contributed by atoms with Crippen LogP contribution in [0.5, 0.6) is 0 Å². The summed E-state index contributed by atoms with van der Waals surface area (Å²) in [4.78, 5) is 30.0. The second-order valence-electron chi connectivity index (χ2n) is 11.6. The quantitative estimate of drug-likeness (QED) is 0.00998. The number of nitrogens with two attached hydrogens (primary N) is 3. The zero-order valence-electron chi connectivity index (χ0n) is 31.8. The van der Waals surface area contributed by atoms with Crippen LogP contribution in [0.4, 0.5) is 17.1 Å². The van der Waals surface area contributed by atoms with Gasteiger partial charge in [0.2, 0.25) is 0 Å². The van der Waals surface area contributed by atoms with E-state index in [0.29, 0.717) is 35.0 Å². The largest absolute Gasteiger partial charge is 1.00 e. The number of nitrogens with zero attached hydrogens (tertiary/aromatic N) is 2. The Kier molecular flexibility index (Phi) is 20.0. The smallest absolute Gasteiger partial charge is 0.744 e. The molecule has 1 heterocycles. The first-order valence-corrected chi connectivity index (χ1v) is 20.9. The van der Waals surface area contributed by atoms with Crippen LogP contribution < -0.4 is 81.6 Å². The van der Waals surface area contributed by atoms with Crippen molar-refractivity contribution in [3.8, 4) is 11.4 Å². The molecular formula is C34H30N6Na2O16S4. The fourth-order valence-corrected chi connectivity index (χ4v) is 6.95. The molecule has 0 bridgehead atoms. The Bertz CT molecular complexity index is 2690. The van der Waals surface area contributed by atoms with Gasteiger partial charge in [0.1, 0.15) is 38.2 Å². The minimum atomic E-state index is -5.09. The summed E-state index contributed by atoms with van der Waals surface area (Å²) in [6, 6.07) is 22.8. The number of aromatic nitrogens is 2. The van der Waals surface area contributed by atoms with Gasteiger partial charge >= 0.3 is 71.1 Å². The topological polar surface area (TPSA) is 407 Å². The molecule has 0 atom stereocenters. The molecule has 0 saturated carbocycles. The van der Waals surface area contributed by atoms with Crippen LogP contribution in [-0.2, 0) is 29.6 Å². The molecule has 0 unspecified atom stereocenters. The number of imidazole rings is 1. The number of hydrogen-bond donors (Lipinski definition) is 10. The van der Waals surface area contributed by atoms with Gasteiger partial charge in [-0.1, -0.05) is 36.4 Å².